The van der Waals surface area contributed by atoms with Gasteiger partial charge >= 0.3 is 6.09 Å². The molecule has 1 aromatic carbocycles. The molecule has 4 N–H and O–H groups in total. The van der Waals surface area contributed by atoms with Gasteiger partial charge in [0.25, 0.3) is 0 Å². The number of carbonyl (C=O) groups is 1. The van der Waals surface area contributed by atoms with E-state index in [2.05, 4.69) is 44.5 Å². The van der Waals surface area contributed by atoms with Crippen LogP contribution in [0.2, 0.25) is 0 Å². The van der Waals surface area contributed by atoms with Gasteiger partial charge in [-0.2, -0.15) is 4.98 Å². The minimum Gasteiger partial charge on any atom is -0.465 e. The van der Waals surface area contributed by atoms with Crippen LogP contribution in [0.1, 0.15) is 35.6 Å². The molecule has 1 aliphatic heterocycles. The zero-order valence-corrected chi connectivity index (χ0v) is 14.6. The van der Waals surface area contributed by atoms with Crippen molar-refractivity contribution in [3.63, 3.8) is 0 Å². The summed E-state index contributed by atoms with van der Waals surface area (Å²) >= 11 is 0. The maximum Gasteiger partial charge on any atom is 0.404 e. The third-order valence-electron chi connectivity index (χ3n) is 5.35. The molecule has 1 saturated heterocycles. The molecule has 2 aromatic rings. The molecule has 7 heteroatoms. The van der Waals surface area contributed by atoms with Crippen LogP contribution >= 0.6 is 0 Å². The Kier molecular flexibility index (Phi) is 4.36. The Morgan fingerprint density at radius 1 is 1.23 bits per heavy atom. The lowest BCUT2D eigenvalue weighted by molar-refractivity contribution is 0.191. The first-order valence-corrected chi connectivity index (χ1v) is 9.04. The highest BCUT2D eigenvalue weighted by atomic mass is 16.4. The monoisotopic (exact) mass is 353 g/mol. The number of anilines is 2. The molecule has 1 amide bonds. The summed E-state index contributed by atoms with van der Waals surface area (Å²) in [6.07, 6.45) is 2.85. The molecule has 4 rings (SSSR count). The number of hydrogen-bond acceptors (Lipinski definition) is 5. The number of aryl methyl sites for hydroxylation is 1. The van der Waals surface area contributed by atoms with Gasteiger partial charge < -0.3 is 21.1 Å². The van der Waals surface area contributed by atoms with E-state index in [9.17, 15) is 4.79 Å². The van der Waals surface area contributed by atoms with Gasteiger partial charge in [-0.3, -0.25) is 0 Å². The molecule has 2 heterocycles. The lowest BCUT2D eigenvalue weighted by atomic mass is 9.82. The summed E-state index contributed by atoms with van der Waals surface area (Å²) < 4.78 is 0. The van der Waals surface area contributed by atoms with Crippen molar-refractivity contribution in [3.05, 3.63) is 47.2 Å². The summed E-state index contributed by atoms with van der Waals surface area (Å²) in [6.45, 7) is 1.37. The van der Waals surface area contributed by atoms with Crippen LogP contribution in [0, 0.1) is 0 Å². The normalized spacial score (nSPS) is 22.1. The molecule has 0 radical (unpaired) electrons. The number of benzene rings is 1. The molecular formula is C19H23N5O2. The van der Waals surface area contributed by atoms with E-state index in [1.165, 1.54) is 11.1 Å². The number of carboxylic acid groups (broad SMARTS) is 1. The Labute approximate surface area is 152 Å². The lowest BCUT2D eigenvalue weighted by Gasteiger charge is -2.25. The van der Waals surface area contributed by atoms with Crippen LogP contribution in [0.5, 0.6) is 0 Å². The molecule has 1 fully saturated rings. The third kappa shape index (κ3) is 3.42. The number of nitrogen functional groups attached to an aromatic ring is 1. The van der Waals surface area contributed by atoms with Crippen molar-refractivity contribution in [2.75, 3.05) is 23.7 Å². The van der Waals surface area contributed by atoms with Crippen LogP contribution < -0.4 is 16.0 Å². The number of aromatic nitrogens is 2. The number of fused-ring (bicyclic) bond motifs is 1. The summed E-state index contributed by atoms with van der Waals surface area (Å²) in [5.74, 6) is 1.41. The van der Waals surface area contributed by atoms with Crippen molar-refractivity contribution < 1.29 is 9.90 Å². The van der Waals surface area contributed by atoms with Crippen molar-refractivity contribution in [1.29, 1.82) is 0 Å². The molecule has 2 unspecified atom stereocenters. The zero-order valence-electron chi connectivity index (χ0n) is 14.6. The number of nitrogens with zero attached hydrogens (tertiary/aromatic N) is 3. The van der Waals surface area contributed by atoms with Crippen LogP contribution in [-0.4, -0.2) is 40.3 Å². The molecule has 1 aliphatic carbocycles. The Hall–Kier alpha value is -2.83. The first-order chi connectivity index (χ1) is 12.6. The fourth-order valence-electron chi connectivity index (χ4n) is 4.05. The quantitative estimate of drug-likeness (QED) is 0.781. The Morgan fingerprint density at radius 2 is 2.04 bits per heavy atom. The topological polar surface area (TPSA) is 104 Å². The number of nitrogens with one attached hydrogen (secondary N) is 1. The smallest absolute Gasteiger partial charge is 0.404 e. The lowest BCUT2D eigenvalue weighted by Crippen LogP contribution is -2.36. The largest absolute Gasteiger partial charge is 0.465 e. The summed E-state index contributed by atoms with van der Waals surface area (Å²) in [5, 5.41) is 11.4. The first kappa shape index (κ1) is 16.6. The zero-order chi connectivity index (χ0) is 18.1. The predicted octanol–water partition coefficient (Wildman–Crippen LogP) is 2.18. The van der Waals surface area contributed by atoms with Gasteiger partial charge in [0.1, 0.15) is 5.82 Å². The van der Waals surface area contributed by atoms with E-state index < -0.39 is 6.09 Å². The SMILES string of the molecule is Nc1nc(C2CCc3ccccc3C2)cc(N2CCC(NC(=O)O)C2)n1. The van der Waals surface area contributed by atoms with Crippen molar-refractivity contribution in [1.82, 2.24) is 15.3 Å². The third-order valence-corrected chi connectivity index (χ3v) is 5.35. The molecule has 0 saturated carbocycles. The summed E-state index contributed by atoms with van der Waals surface area (Å²) in [7, 11) is 0. The van der Waals surface area contributed by atoms with E-state index in [0.29, 0.717) is 12.5 Å². The summed E-state index contributed by atoms with van der Waals surface area (Å²) in [5.41, 5.74) is 9.78. The van der Waals surface area contributed by atoms with E-state index in [-0.39, 0.29) is 12.0 Å². The highest BCUT2D eigenvalue weighted by molar-refractivity contribution is 5.65. The average Bonchev–Trinajstić information content (AvgIpc) is 3.08. The van der Waals surface area contributed by atoms with E-state index in [0.717, 1.165) is 43.7 Å². The fraction of sp³-hybridized carbons (Fsp3) is 0.421. The molecule has 2 aliphatic rings. The van der Waals surface area contributed by atoms with E-state index >= 15 is 0 Å². The Morgan fingerprint density at radius 3 is 2.85 bits per heavy atom. The van der Waals surface area contributed by atoms with Crippen LogP contribution in [0.15, 0.2) is 30.3 Å². The number of amides is 1. The van der Waals surface area contributed by atoms with Gasteiger partial charge in [-0.05, 0) is 36.8 Å². The second-order valence-electron chi connectivity index (χ2n) is 7.10. The second-order valence-corrected chi connectivity index (χ2v) is 7.10. The second kappa shape index (κ2) is 6.82. The van der Waals surface area contributed by atoms with E-state index in [1.54, 1.807) is 0 Å². The average molecular weight is 353 g/mol. The molecule has 0 bridgehead atoms. The van der Waals surface area contributed by atoms with Gasteiger partial charge in [0.15, 0.2) is 0 Å². The molecular weight excluding hydrogens is 330 g/mol. The van der Waals surface area contributed by atoms with Crippen LogP contribution in [0.3, 0.4) is 0 Å². The van der Waals surface area contributed by atoms with Crippen molar-refractivity contribution in [3.8, 4) is 0 Å². The first-order valence-electron chi connectivity index (χ1n) is 9.04. The number of hydrogen-bond donors (Lipinski definition) is 3. The Balaban J connectivity index is 1.53. The predicted molar refractivity (Wildman–Crippen MR) is 99.4 cm³/mol. The number of rotatable bonds is 3. The van der Waals surface area contributed by atoms with Gasteiger partial charge in [0.05, 0.1) is 11.7 Å². The fourth-order valence-corrected chi connectivity index (χ4v) is 4.05. The van der Waals surface area contributed by atoms with Crippen LogP contribution in [0.4, 0.5) is 16.6 Å². The molecule has 0 spiro atoms. The standard InChI is InChI=1S/C19H23N5O2/c20-18-22-16(14-6-5-12-3-1-2-4-13(12)9-14)10-17(23-18)24-8-7-15(11-24)21-19(25)26/h1-4,10,14-15,21H,5-9,11H2,(H,25,26)(H2,20,22,23). The van der Waals surface area contributed by atoms with E-state index in [1.807, 2.05) is 6.07 Å². The minimum absolute atomic E-state index is 0.0753. The molecule has 26 heavy (non-hydrogen) atoms. The highest BCUT2D eigenvalue weighted by Gasteiger charge is 2.27. The highest BCUT2D eigenvalue weighted by Crippen LogP contribution is 2.33. The van der Waals surface area contributed by atoms with E-state index in [4.69, 9.17) is 10.8 Å². The molecule has 2 atom stereocenters. The van der Waals surface area contributed by atoms with Crippen molar-refractivity contribution in [2.45, 2.75) is 37.6 Å². The van der Waals surface area contributed by atoms with Gasteiger partial charge in [0, 0.05) is 25.1 Å². The molecule has 7 nitrogen and oxygen atoms in total. The maximum absolute atomic E-state index is 10.8. The maximum atomic E-state index is 10.8. The Bertz CT molecular complexity index is 825. The minimum atomic E-state index is -0.986. The summed E-state index contributed by atoms with van der Waals surface area (Å²) in [6, 6.07) is 10.5. The molecule has 1 aromatic heterocycles. The van der Waals surface area contributed by atoms with Crippen LogP contribution in [-0.2, 0) is 12.8 Å². The van der Waals surface area contributed by atoms with Crippen molar-refractivity contribution in [2.24, 2.45) is 0 Å². The van der Waals surface area contributed by atoms with Gasteiger partial charge in [-0.15, -0.1) is 0 Å². The van der Waals surface area contributed by atoms with Gasteiger partial charge in [0.2, 0.25) is 5.95 Å². The molecule has 136 valence electrons. The van der Waals surface area contributed by atoms with Crippen LogP contribution in [0.25, 0.3) is 0 Å². The van der Waals surface area contributed by atoms with Gasteiger partial charge in [-0.1, -0.05) is 24.3 Å². The summed E-state index contributed by atoms with van der Waals surface area (Å²) in [4.78, 5) is 21.8. The van der Waals surface area contributed by atoms with Crippen molar-refractivity contribution >= 4 is 17.9 Å². The van der Waals surface area contributed by atoms with Gasteiger partial charge in [-0.25, -0.2) is 9.78 Å². The number of nitrogens with two attached hydrogens (primary N) is 1.